The highest BCUT2D eigenvalue weighted by Crippen LogP contribution is 2.17. The van der Waals surface area contributed by atoms with Gasteiger partial charge in [0, 0.05) is 13.1 Å². The van der Waals surface area contributed by atoms with Gasteiger partial charge in [-0.05, 0) is 49.1 Å². The van der Waals surface area contributed by atoms with Gasteiger partial charge in [0.15, 0.2) is 11.4 Å². The van der Waals surface area contributed by atoms with Crippen LogP contribution in [-0.4, -0.2) is 57.8 Å². The summed E-state index contributed by atoms with van der Waals surface area (Å²) in [5.74, 6) is -0.0738. The molecule has 7 heteroatoms. The van der Waals surface area contributed by atoms with Crippen LogP contribution in [0.25, 0.3) is 0 Å². The fraction of sp³-hybridized carbons (Fsp3) is 0.700. The third kappa shape index (κ3) is 5.73. The summed E-state index contributed by atoms with van der Waals surface area (Å²) in [5, 5.41) is 20.4. The van der Waals surface area contributed by atoms with E-state index in [9.17, 15) is 14.7 Å². The molecule has 1 atom stereocenters. The van der Waals surface area contributed by atoms with Gasteiger partial charge in [-0.3, -0.25) is 9.59 Å². The summed E-state index contributed by atoms with van der Waals surface area (Å²) in [6.07, 6.45) is 3.80. The molecular formula is C20H32N4O3. The zero-order valence-corrected chi connectivity index (χ0v) is 16.9. The van der Waals surface area contributed by atoms with Crippen molar-refractivity contribution in [1.29, 1.82) is 0 Å². The second-order valence-corrected chi connectivity index (χ2v) is 8.06. The van der Waals surface area contributed by atoms with E-state index in [2.05, 4.69) is 29.4 Å². The number of hydrogen-bond acceptors (Lipinski definition) is 5. The van der Waals surface area contributed by atoms with Gasteiger partial charge < -0.3 is 15.3 Å². The van der Waals surface area contributed by atoms with E-state index in [1.165, 1.54) is 0 Å². The topological polar surface area (TPSA) is 95.4 Å². The molecule has 7 nitrogen and oxygen atoms in total. The second kappa shape index (κ2) is 9.78. The second-order valence-electron chi connectivity index (χ2n) is 8.06. The molecule has 1 aliphatic rings. The highest BCUT2D eigenvalue weighted by atomic mass is 16.3. The summed E-state index contributed by atoms with van der Waals surface area (Å²) >= 11 is 0. The van der Waals surface area contributed by atoms with E-state index in [0.717, 1.165) is 37.9 Å². The summed E-state index contributed by atoms with van der Waals surface area (Å²) in [6, 6.07) is 1.36. The van der Waals surface area contributed by atoms with Crippen molar-refractivity contribution in [2.45, 2.75) is 59.4 Å². The number of carbonyl (C=O) groups excluding carboxylic acids is 2. The summed E-state index contributed by atoms with van der Waals surface area (Å²) in [6.45, 7) is 9.33. The molecule has 0 aromatic carbocycles. The quantitative estimate of drug-likeness (QED) is 0.759. The van der Waals surface area contributed by atoms with E-state index in [1.54, 1.807) is 6.07 Å². The average molecular weight is 377 g/mol. The summed E-state index contributed by atoms with van der Waals surface area (Å²) in [7, 11) is 0. The molecule has 1 aromatic heterocycles. The van der Waals surface area contributed by atoms with Crippen LogP contribution in [0, 0.1) is 11.8 Å². The van der Waals surface area contributed by atoms with Crippen molar-refractivity contribution in [2.24, 2.45) is 11.8 Å². The van der Waals surface area contributed by atoms with E-state index >= 15 is 0 Å². The zero-order chi connectivity index (χ0) is 20.0. The van der Waals surface area contributed by atoms with Crippen molar-refractivity contribution >= 4 is 11.8 Å². The third-order valence-corrected chi connectivity index (χ3v) is 4.90. The number of hydrogen-bond donors (Lipinski definition) is 2. The molecule has 1 fully saturated rings. The van der Waals surface area contributed by atoms with Crippen molar-refractivity contribution in [3.8, 4) is 0 Å². The van der Waals surface area contributed by atoms with Crippen molar-refractivity contribution in [2.75, 3.05) is 19.7 Å². The Morgan fingerprint density at radius 3 is 2.37 bits per heavy atom. The summed E-state index contributed by atoms with van der Waals surface area (Å²) < 4.78 is 0. The van der Waals surface area contributed by atoms with E-state index in [-0.39, 0.29) is 36.1 Å². The number of piperidine rings is 1. The van der Waals surface area contributed by atoms with Gasteiger partial charge in [-0.1, -0.05) is 27.7 Å². The maximum atomic E-state index is 12.7. The van der Waals surface area contributed by atoms with E-state index in [1.807, 2.05) is 18.7 Å². The number of aromatic nitrogens is 2. The minimum absolute atomic E-state index is 0.0976. The standard InChI is InChI=1S/C20H32N4O3/c1-13(2)10-15-11-16(20(27)24-8-6-5-7-9-24)22-23-18(15)19(26)21-17(12-25)14(3)4/h11,13-14,17,25H,5-10,12H2,1-4H3,(H,21,26). The van der Waals surface area contributed by atoms with Crippen LogP contribution in [0.15, 0.2) is 6.07 Å². The molecule has 0 aliphatic carbocycles. The van der Waals surface area contributed by atoms with Crippen LogP contribution in [0.4, 0.5) is 0 Å². The fourth-order valence-electron chi connectivity index (χ4n) is 3.24. The van der Waals surface area contributed by atoms with Crippen LogP contribution < -0.4 is 5.32 Å². The van der Waals surface area contributed by atoms with Crippen molar-refractivity contribution in [1.82, 2.24) is 20.4 Å². The van der Waals surface area contributed by atoms with Gasteiger partial charge in [0.05, 0.1) is 12.6 Å². The van der Waals surface area contributed by atoms with Gasteiger partial charge in [-0.15, -0.1) is 10.2 Å². The predicted molar refractivity (Wildman–Crippen MR) is 104 cm³/mol. The Labute approximate surface area is 161 Å². The molecular weight excluding hydrogens is 344 g/mol. The molecule has 2 rings (SSSR count). The lowest BCUT2D eigenvalue weighted by Gasteiger charge is -2.26. The van der Waals surface area contributed by atoms with Gasteiger partial charge in [-0.2, -0.15) is 0 Å². The maximum absolute atomic E-state index is 12.7. The monoisotopic (exact) mass is 376 g/mol. The first-order valence-corrected chi connectivity index (χ1v) is 9.91. The van der Waals surface area contributed by atoms with Crippen LogP contribution in [0.5, 0.6) is 0 Å². The zero-order valence-electron chi connectivity index (χ0n) is 16.9. The smallest absolute Gasteiger partial charge is 0.274 e. The van der Waals surface area contributed by atoms with Gasteiger partial charge in [0.25, 0.3) is 11.8 Å². The van der Waals surface area contributed by atoms with Crippen molar-refractivity contribution in [3.05, 3.63) is 23.0 Å². The van der Waals surface area contributed by atoms with Crippen LogP contribution in [-0.2, 0) is 6.42 Å². The molecule has 1 aromatic rings. The van der Waals surface area contributed by atoms with Gasteiger partial charge >= 0.3 is 0 Å². The number of carbonyl (C=O) groups is 2. The molecule has 2 amide bonds. The maximum Gasteiger partial charge on any atom is 0.274 e. The molecule has 0 radical (unpaired) electrons. The first-order chi connectivity index (χ1) is 12.8. The molecule has 2 N–H and O–H groups in total. The summed E-state index contributed by atoms with van der Waals surface area (Å²) in [5.41, 5.74) is 1.25. The SMILES string of the molecule is CC(C)Cc1cc(C(=O)N2CCCCC2)nnc1C(=O)NC(CO)C(C)C. The largest absolute Gasteiger partial charge is 0.394 e. The first kappa shape index (κ1) is 21.3. The normalized spacial score (nSPS) is 15.9. The Morgan fingerprint density at radius 2 is 1.81 bits per heavy atom. The highest BCUT2D eigenvalue weighted by molar-refractivity contribution is 5.96. The minimum atomic E-state index is -0.358. The number of aliphatic hydroxyl groups excluding tert-OH is 1. The van der Waals surface area contributed by atoms with Crippen molar-refractivity contribution < 1.29 is 14.7 Å². The molecule has 0 saturated carbocycles. The first-order valence-electron chi connectivity index (χ1n) is 9.91. The van der Waals surface area contributed by atoms with Gasteiger partial charge in [0.1, 0.15) is 0 Å². The van der Waals surface area contributed by atoms with E-state index in [0.29, 0.717) is 18.0 Å². The van der Waals surface area contributed by atoms with Crippen LogP contribution in [0.2, 0.25) is 0 Å². The Balaban J connectivity index is 2.26. The number of likely N-dealkylation sites (tertiary alicyclic amines) is 1. The van der Waals surface area contributed by atoms with Gasteiger partial charge in [0.2, 0.25) is 0 Å². The number of amides is 2. The molecule has 2 heterocycles. The summed E-state index contributed by atoms with van der Waals surface area (Å²) in [4.78, 5) is 27.2. The third-order valence-electron chi connectivity index (χ3n) is 4.90. The number of rotatable bonds is 7. The lowest BCUT2D eigenvalue weighted by molar-refractivity contribution is 0.0715. The Hall–Kier alpha value is -2.02. The number of aliphatic hydroxyl groups is 1. The molecule has 1 saturated heterocycles. The highest BCUT2D eigenvalue weighted by Gasteiger charge is 2.24. The van der Waals surface area contributed by atoms with Crippen LogP contribution >= 0.6 is 0 Å². The molecule has 0 bridgehead atoms. The Bertz CT molecular complexity index is 655. The van der Waals surface area contributed by atoms with Gasteiger partial charge in [-0.25, -0.2) is 0 Å². The molecule has 1 unspecified atom stereocenters. The molecule has 0 spiro atoms. The molecule has 27 heavy (non-hydrogen) atoms. The van der Waals surface area contributed by atoms with Crippen molar-refractivity contribution in [3.63, 3.8) is 0 Å². The molecule has 1 aliphatic heterocycles. The molecule has 150 valence electrons. The van der Waals surface area contributed by atoms with Crippen LogP contribution in [0.1, 0.15) is 73.5 Å². The lowest BCUT2D eigenvalue weighted by Crippen LogP contribution is -2.42. The predicted octanol–water partition coefficient (Wildman–Crippen LogP) is 2.05. The number of nitrogens with zero attached hydrogens (tertiary/aromatic N) is 3. The number of nitrogens with one attached hydrogen (secondary N) is 1. The minimum Gasteiger partial charge on any atom is -0.394 e. The Kier molecular flexibility index (Phi) is 7.71. The lowest BCUT2D eigenvalue weighted by atomic mass is 9.99. The van der Waals surface area contributed by atoms with Crippen LogP contribution in [0.3, 0.4) is 0 Å². The fourth-order valence-corrected chi connectivity index (χ4v) is 3.24. The average Bonchev–Trinajstić information content (AvgIpc) is 2.65. The van der Waals surface area contributed by atoms with E-state index < -0.39 is 0 Å². The Morgan fingerprint density at radius 1 is 1.15 bits per heavy atom. The van der Waals surface area contributed by atoms with E-state index in [4.69, 9.17) is 0 Å².